The van der Waals surface area contributed by atoms with Crippen LogP contribution >= 0.6 is 0 Å². The molecule has 1 saturated carbocycles. The zero-order valence-corrected chi connectivity index (χ0v) is 10.6. The largest absolute Gasteiger partial charge is 0.493 e. The van der Waals surface area contributed by atoms with Crippen molar-refractivity contribution >= 4 is 11.6 Å². The molecule has 0 bridgehead atoms. The highest BCUT2D eigenvalue weighted by Crippen LogP contribution is 2.32. The predicted molar refractivity (Wildman–Crippen MR) is 66.2 cm³/mol. The van der Waals surface area contributed by atoms with E-state index in [1.807, 2.05) is 0 Å². The fourth-order valence-corrected chi connectivity index (χ4v) is 1.68. The molecule has 0 spiro atoms. The smallest absolute Gasteiger partial charge is 0.173 e. The highest BCUT2D eigenvalue weighted by Gasteiger charge is 2.29. The molecular weight excluding hydrogens is 232 g/mol. The van der Waals surface area contributed by atoms with Gasteiger partial charge in [-0.2, -0.15) is 0 Å². The van der Waals surface area contributed by atoms with Crippen molar-refractivity contribution in [2.45, 2.75) is 19.8 Å². The lowest BCUT2D eigenvalue weighted by atomic mass is 10.1. The summed E-state index contributed by atoms with van der Waals surface area (Å²) in [6.07, 6.45) is 1.95. The van der Waals surface area contributed by atoms with Gasteiger partial charge in [0.25, 0.3) is 0 Å². The molecule has 2 rings (SSSR count). The van der Waals surface area contributed by atoms with E-state index in [4.69, 9.17) is 9.47 Å². The van der Waals surface area contributed by atoms with Crippen molar-refractivity contribution in [1.29, 1.82) is 0 Å². The Morgan fingerprint density at radius 2 is 2.00 bits per heavy atom. The first-order chi connectivity index (χ1) is 8.61. The summed E-state index contributed by atoms with van der Waals surface area (Å²) in [5, 5.41) is 0. The molecule has 18 heavy (non-hydrogen) atoms. The van der Waals surface area contributed by atoms with Crippen LogP contribution in [0.2, 0.25) is 0 Å². The number of hydrogen-bond acceptors (Lipinski definition) is 4. The van der Waals surface area contributed by atoms with Crippen LogP contribution in [0.25, 0.3) is 0 Å². The van der Waals surface area contributed by atoms with E-state index >= 15 is 0 Å². The lowest BCUT2D eigenvalue weighted by molar-refractivity contribution is -0.122. The van der Waals surface area contributed by atoms with E-state index in [9.17, 15) is 9.59 Å². The van der Waals surface area contributed by atoms with Gasteiger partial charge in [0.15, 0.2) is 23.1 Å². The van der Waals surface area contributed by atoms with Gasteiger partial charge in [0.2, 0.25) is 0 Å². The van der Waals surface area contributed by atoms with E-state index in [2.05, 4.69) is 0 Å². The number of methoxy groups -OCH3 is 1. The maximum atomic E-state index is 11.5. The van der Waals surface area contributed by atoms with Crippen molar-refractivity contribution in [2.75, 3.05) is 13.7 Å². The Morgan fingerprint density at radius 3 is 2.56 bits per heavy atom. The minimum absolute atomic E-state index is 0.0334. The molecule has 0 unspecified atom stereocenters. The molecule has 1 aromatic rings. The molecule has 0 saturated heterocycles. The van der Waals surface area contributed by atoms with Crippen LogP contribution in [0, 0.1) is 5.92 Å². The molecule has 0 aliphatic heterocycles. The van der Waals surface area contributed by atoms with E-state index in [0.29, 0.717) is 17.1 Å². The van der Waals surface area contributed by atoms with Crippen molar-refractivity contribution in [2.24, 2.45) is 5.92 Å². The van der Waals surface area contributed by atoms with E-state index in [0.717, 1.165) is 12.8 Å². The first kappa shape index (κ1) is 12.6. The quantitative estimate of drug-likeness (QED) is 0.724. The van der Waals surface area contributed by atoms with Gasteiger partial charge in [-0.05, 0) is 38.0 Å². The average molecular weight is 248 g/mol. The van der Waals surface area contributed by atoms with Crippen LogP contribution in [0.15, 0.2) is 18.2 Å². The summed E-state index contributed by atoms with van der Waals surface area (Å²) < 4.78 is 10.6. The summed E-state index contributed by atoms with van der Waals surface area (Å²) in [7, 11) is 1.51. The van der Waals surface area contributed by atoms with E-state index in [1.165, 1.54) is 14.0 Å². The summed E-state index contributed by atoms with van der Waals surface area (Å²) in [4.78, 5) is 22.8. The number of carbonyl (C=O) groups is 2. The normalized spacial score (nSPS) is 14.1. The van der Waals surface area contributed by atoms with Crippen LogP contribution in [0.1, 0.15) is 30.1 Å². The van der Waals surface area contributed by atoms with E-state index < -0.39 is 0 Å². The molecule has 0 amide bonds. The third kappa shape index (κ3) is 2.88. The van der Waals surface area contributed by atoms with Gasteiger partial charge in [-0.3, -0.25) is 9.59 Å². The van der Waals surface area contributed by atoms with E-state index in [-0.39, 0.29) is 24.1 Å². The van der Waals surface area contributed by atoms with Crippen LogP contribution in [-0.2, 0) is 4.79 Å². The van der Waals surface area contributed by atoms with Gasteiger partial charge >= 0.3 is 0 Å². The van der Waals surface area contributed by atoms with Gasteiger partial charge in [-0.15, -0.1) is 0 Å². The van der Waals surface area contributed by atoms with Crippen LogP contribution < -0.4 is 9.47 Å². The van der Waals surface area contributed by atoms with E-state index in [1.54, 1.807) is 18.2 Å². The number of benzene rings is 1. The van der Waals surface area contributed by atoms with Crippen molar-refractivity contribution in [3.05, 3.63) is 23.8 Å². The van der Waals surface area contributed by atoms with Gasteiger partial charge in [0, 0.05) is 11.5 Å². The number of ether oxygens (including phenoxy) is 2. The lowest BCUT2D eigenvalue weighted by Gasteiger charge is -2.10. The summed E-state index contributed by atoms with van der Waals surface area (Å²) >= 11 is 0. The number of carbonyl (C=O) groups excluding carboxylic acids is 2. The number of hydrogen-bond donors (Lipinski definition) is 0. The lowest BCUT2D eigenvalue weighted by Crippen LogP contribution is -2.13. The van der Waals surface area contributed by atoms with Crippen LogP contribution in [-0.4, -0.2) is 25.3 Å². The molecule has 1 fully saturated rings. The van der Waals surface area contributed by atoms with Gasteiger partial charge in [0.1, 0.15) is 6.61 Å². The maximum Gasteiger partial charge on any atom is 0.173 e. The Kier molecular flexibility index (Phi) is 3.65. The molecule has 4 nitrogen and oxygen atoms in total. The van der Waals surface area contributed by atoms with Crippen molar-refractivity contribution in [3.63, 3.8) is 0 Å². The number of rotatable bonds is 6. The first-order valence-electron chi connectivity index (χ1n) is 5.96. The summed E-state index contributed by atoms with van der Waals surface area (Å²) in [5.41, 5.74) is 0.563. The topological polar surface area (TPSA) is 52.6 Å². The standard InChI is InChI=1S/C14H16O4/c1-9(15)11-5-6-13(14(7-11)17-2)18-8-12(16)10-3-4-10/h5-7,10H,3-4,8H2,1-2H3. The highest BCUT2D eigenvalue weighted by atomic mass is 16.5. The van der Waals surface area contributed by atoms with Crippen LogP contribution in [0.4, 0.5) is 0 Å². The highest BCUT2D eigenvalue weighted by molar-refractivity contribution is 5.94. The molecule has 0 N–H and O–H groups in total. The summed E-state index contributed by atoms with van der Waals surface area (Å²) in [6, 6.07) is 4.96. The molecule has 1 aliphatic rings. The fraction of sp³-hybridized carbons (Fsp3) is 0.429. The molecule has 0 aromatic heterocycles. The SMILES string of the molecule is COc1cc(C(C)=O)ccc1OCC(=O)C1CC1. The van der Waals surface area contributed by atoms with Gasteiger partial charge in [-0.1, -0.05) is 0 Å². The molecule has 0 atom stereocenters. The fourth-order valence-electron chi connectivity index (χ4n) is 1.68. The first-order valence-corrected chi connectivity index (χ1v) is 5.96. The van der Waals surface area contributed by atoms with Crippen LogP contribution in [0.5, 0.6) is 11.5 Å². The second-order valence-electron chi connectivity index (χ2n) is 4.45. The molecular formula is C14H16O4. The van der Waals surface area contributed by atoms with Gasteiger partial charge < -0.3 is 9.47 Å². The molecule has 96 valence electrons. The van der Waals surface area contributed by atoms with Gasteiger partial charge in [0.05, 0.1) is 7.11 Å². The second-order valence-corrected chi connectivity index (χ2v) is 4.45. The zero-order valence-electron chi connectivity index (χ0n) is 10.6. The number of ketones is 2. The van der Waals surface area contributed by atoms with Crippen molar-refractivity contribution < 1.29 is 19.1 Å². The molecule has 4 heteroatoms. The number of Topliss-reactive ketones (excluding diaryl/α,β-unsaturated/α-hetero) is 2. The summed E-state index contributed by atoms with van der Waals surface area (Å²) in [6.45, 7) is 1.56. The third-order valence-corrected chi connectivity index (χ3v) is 2.97. The minimum Gasteiger partial charge on any atom is -0.493 e. The molecule has 1 aromatic carbocycles. The van der Waals surface area contributed by atoms with Gasteiger partial charge in [-0.25, -0.2) is 0 Å². The Bertz CT molecular complexity index is 475. The minimum atomic E-state index is -0.0334. The van der Waals surface area contributed by atoms with Crippen LogP contribution in [0.3, 0.4) is 0 Å². The zero-order chi connectivity index (χ0) is 13.1. The van der Waals surface area contributed by atoms with Crippen molar-refractivity contribution in [1.82, 2.24) is 0 Å². The molecule has 0 radical (unpaired) electrons. The average Bonchev–Trinajstić information content (AvgIpc) is 3.19. The van der Waals surface area contributed by atoms with Crippen molar-refractivity contribution in [3.8, 4) is 11.5 Å². The Morgan fingerprint density at radius 1 is 1.28 bits per heavy atom. The Hall–Kier alpha value is -1.84. The second kappa shape index (κ2) is 5.21. The molecule has 0 heterocycles. The third-order valence-electron chi connectivity index (χ3n) is 2.97. The maximum absolute atomic E-state index is 11.5. The monoisotopic (exact) mass is 248 g/mol. The molecule has 1 aliphatic carbocycles. The summed E-state index contributed by atoms with van der Waals surface area (Å²) in [5.74, 6) is 1.26. The Labute approximate surface area is 106 Å². The predicted octanol–water partition coefficient (Wildman–Crippen LogP) is 2.26. The Balaban J connectivity index is 2.06.